The molecule has 8 heteroatoms. The van der Waals surface area contributed by atoms with E-state index in [2.05, 4.69) is 20.2 Å². The number of nitrogens with zero attached hydrogens (tertiary/aromatic N) is 2. The lowest BCUT2D eigenvalue weighted by atomic mass is 10.3. The molecule has 1 heterocycles. The standard InChI is InChI=1S/C14H14N4O3S/c1-11(19)17-13-4-6-14(7-5-13)22(20,21)18-16-10-12-3-2-8-15-9-12/h2-10,18H,1H3,(H,17,19)/b16-10-. The summed E-state index contributed by atoms with van der Waals surface area (Å²) in [5.74, 6) is -0.227. The van der Waals surface area contributed by atoms with Crippen LogP contribution in [0.3, 0.4) is 0 Å². The molecule has 0 spiro atoms. The van der Waals surface area contributed by atoms with Crippen LogP contribution in [0, 0.1) is 0 Å². The normalized spacial score (nSPS) is 11.3. The second-order valence-electron chi connectivity index (χ2n) is 4.34. The van der Waals surface area contributed by atoms with Crippen molar-refractivity contribution in [3.05, 3.63) is 54.4 Å². The maximum absolute atomic E-state index is 12.0. The Morgan fingerprint density at radius 2 is 1.95 bits per heavy atom. The van der Waals surface area contributed by atoms with Gasteiger partial charge in [0, 0.05) is 30.6 Å². The molecule has 0 aliphatic carbocycles. The van der Waals surface area contributed by atoms with Crippen LogP contribution in [0.15, 0.2) is 58.8 Å². The Labute approximate surface area is 128 Å². The summed E-state index contributed by atoms with van der Waals surface area (Å²) in [6, 6.07) is 9.23. The molecule has 0 aliphatic rings. The van der Waals surface area contributed by atoms with E-state index in [-0.39, 0.29) is 10.8 Å². The van der Waals surface area contributed by atoms with Crippen LogP contribution in [-0.2, 0) is 14.8 Å². The van der Waals surface area contributed by atoms with Gasteiger partial charge in [-0.2, -0.15) is 13.5 Å². The van der Waals surface area contributed by atoms with Crippen LogP contribution in [0.25, 0.3) is 0 Å². The summed E-state index contributed by atoms with van der Waals surface area (Å²) < 4.78 is 24.1. The van der Waals surface area contributed by atoms with Crippen molar-refractivity contribution in [1.29, 1.82) is 0 Å². The molecule has 0 fully saturated rings. The Morgan fingerprint density at radius 1 is 1.23 bits per heavy atom. The fourth-order valence-corrected chi connectivity index (χ4v) is 2.39. The van der Waals surface area contributed by atoms with Crippen LogP contribution in [-0.4, -0.2) is 25.5 Å². The molecular weight excluding hydrogens is 304 g/mol. The summed E-state index contributed by atoms with van der Waals surface area (Å²) in [5.41, 5.74) is 1.19. The molecule has 1 aromatic heterocycles. The van der Waals surface area contributed by atoms with Crippen LogP contribution in [0.1, 0.15) is 12.5 Å². The third-order valence-electron chi connectivity index (χ3n) is 2.56. The lowest BCUT2D eigenvalue weighted by Gasteiger charge is -2.05. The minimum atomic E-state index is -3.76. The zero-order valence-corrected chi connectivity index (χ0v) is 12.5. The summed E-state index contributed by atoms with van der Waals surface area (Å²) >= 11 is 0. The average Bonchev–Trinajstić information content (AvgIpc) is 2.48. The molecule has 0 atom stereocenters. The maximum Gasteiger partial charge on any atom is 0.276 e. The highest BCUT2D eigenvalue weighted by atomic mass is 32.2. The van der Waals surface area contributed by atoms with Gasteiger partial charge in [0.25, 0.3) is 10.0 Å². The number of amides is 1. The molecule has 0 radical (unpaired) electrons. The van der Waals surface area contributed by atoms with Gasteiger partial charge in [-0.25, -0.2) is 4.83 Å². The highest BCUT2D eigenvalue weighted by molar-refractivity contribution is 7.89. The topological polar surface area (TPSA) is 101 Å². The summed E-state index contributed by atoms with van der Waals surface area (Å²) in [6.07, 6.45) is 4.52. The van der Waals surface area contributed by atoms with Crippen molar-refractivity contribution in [2.24, 2.45) is 5.10 Å². The maximum atomic E-state index is 12.0. The number of aromatic nitrogens is 1. The van der Waals surface area contributed by atoms with Crippen molar-refractivity contribution < 1.29 is 13.2 Å². The Kier molecular flexibility index (Phi) is 4.84. The number of hydrazone groups is 1. The molecule has 1 aromatic carbocycles. The molecule has 22 heavy (non-hydrogen) atoms. The SMILES string of the molecule is CC(=O)Nc1ccc(S(=O)(=O)N/N=C\c2cccnc2)cc1. The van der Waals surface area contributed by atoms with Crippen LogP contribution >= 0.6 is 0 Å². The molecule has 2 aromatic rings. The molecule has 0 saturated carbocycles. The third-order valence-corrected chi connectivity index (χ3v) is 3.79. The predicted octanol–water partition coefficient (Wildman–Crippen LogP) is 1.35. The Hall–Kier alpha value is -2.74. The Balaban J connectivity index is 2.07. The van der Waals surface area contributed by atoms with Gasteiger partial charge in [-0.1, -0.05) is 6.07 Å². The van der Waals surface area contributed by atoms with E-state index in [1.807, 2.05) is 0 Å². The van der Waals surface area contributed by atoms with Crippen LogP contribution in [0.4, 0.5) is 5.69 Å². The van der Waals surface area contributed by atoms with E-state index in [1.165, 1.54) is 37.4 Å². The van der Waals surface area contributed by atoms with Crippen molar-refractivity contribution in [2.75, 3.05) is 5.32 Å². The number of hydrogen-bond donors (Lipinski definition) is 2. The molecule has 114 valence electrons. The third kappa shape index (κ3) is 4.38. The van der Waals surface area contributed by atoms with Gasteiger partial charge in [0.2, 0.25) is 5.91 Å². The van der Waals surface area contributed by atoms with Crippen molar-refractivity contribution in [1.82, 2.24) is 9.82 Å². The van der Waals surface area contributed by atoms with Crippen molar-refractivity contribution in [3.8, 4) is 0 Å². The first-order valence-electron chi connectivity index (χ1n) is 6.30. The first-order chi connectivity index (χ1) is 10.5. The number of nitrogens with one attached hydrogen (secondary N) is 2. The van der Waals surface area contributed by atoms with Gasteiger partial charge >= 0.3 is 0 Å². The zero-order valence-electron chi connectivity index (χ0n) is 11.7. The fourth-order valence-electron chi connectivity index (χ4n) is 1.60. The highest BCUT2D eigenvalue weighted by Crippen LogP contribution is 2.13. The average molecular weight is 318 g/mol. The molecule has 2 rings (SSSR count). The number of carbonyl (C=O) groups excluding carboxylic acids is 1. The van der Waals surface area contributed by atoms with Crippen molar-refractivity contribution >= 4 is 27.8 Å². The van der Waals surface area contributed by atoms with E-state index in [4.69, 9.17) is 0 Å². The number of anilines is 1. The van der Waals surface area contributed by atoms with E-state index in [0.29, 0.717) is 11.3 Å². The number of rotatable bonds is 5. The number of pyridine rings is 1. The number of carbonyl (C=O) groups is 1. The monoisotopic (exact) mass is 318 g/mol. The molecule has 0 bridgehead atoms. The first-order valence-corrected chi connectivity index (χ1v) is 7.78. The molecule has 1 amide bonds. The van der Waals surface area contributed by atoms with Gasteiger partial charge in [0.15, 0.2) is 0 Å². The van der Waals surface area contributed by atoms with Gasteiger partial charge in [-0.05, 0) is 30.3 Å². The second kappa shape index (κ2) is 6.81. The minimum absolute atomic E-state index is 0.0462. The molecule has 7 nitrogen and oxygen atoms in total. The summed E-state index contributed by atoms with van der Waals surface area (Å²) in [6.45, 7) is 1.37. The highest BCUT2D eigenvalue weighted by Gasteiger charge is 2.12. The van der Waals surface area contributed by atoms with E-state index in [9.17, 15) is 13.2 Å². The van der Waals surface area contributed by atoms with E-state index >= 15 is 0 Å². The minimum Gasteiger partial charge on any atom is -0.326 e. The van der Waals surface area contributed by atoms with Crippen molar-refractivity contribution in [2.45, 2.75) is 11.8 Å². The second-order valence-corrected chi connectivity index (χ2v) is 6.01. The van der Waals surface area contributed by atoms with Gasteiger partial charge in [0.05, 0.1) is 11.1 Å². The van der Waals surface area contributed by atoms with Gasteiger partial charge in [-0.3, -0.25) is 9.78 Å². The van der Waals surface area contributed by atoms with E-state index in [0.717, 1.165) is 0 Å². The predicted molar refractivity (Wildman–Crippen MR) is 82.9 cm³/mol. The Morgan fingerprint density at radius 3 is 2.55 bits per heavy atom. The molecule has 0 unspecified atom stereocenters. The molecule has 2 N–H and O–H groups in total. The number of sulfonamides is 1. The first kappa shape index (κ1) is 15.6. The van der Waals surface area contributed by atoms with E-state index < -0.39 is 10.0 Å². The van der Waals surface area contributed by atoms with Crippen LogP contribution in [0.5, 0.6) is 0 Å². The van der Waals surface area contributed by atoms with Crippen LogP contribution in [0.2, 0.25) is 0 Å². The lowest BCUT2D eigenvalue weighted by Crippen LogP contribution is -2.18. The fraction of sp³-hybridized carbons (Fsp3) is 0.0714. The summed E-state index contributed by atoms with van der Waals surface area (Å²) in [4.78, 5) is 17.0. The zero-order chi connectivity index (χ0) is 16.0. The summed E-state index contributed by atoms with van der Waals surface area (Å²) in [7, 11) is -3.76. The van der Waals surface area contributed by atoms with Gasteiger partial charge in [0.1, 0.15) is 0 Å². The smallest absolute Gasteiger partial charge is 0.276 e. The molecule has 0 saturated heterocycles. The van der Waals surface area contributed by atoms with Gasteiger partial charge in [-0.15, -0.1) is 0 Å². The van der Waals surface area contributed by atoms with Crippen LogP contribution < -0.4 is 10.1 Å². The summed E-state index contributed by atoms with van der Waals surface area (Å²) in [5, 5.41) is 6.25. The lowest BCUT2D eigenvalue weighted by molar-refractivity contribution is -0.114. The Bertz CT molecular complexity index is 771. The van der Waals surface area contributed by atoms with Crippen molar-refractivity contribution in [3.63, 3.8) is 0 Å². The largest absolute Gasteiger partial charge is 0.326 e. The number of benzene rings is 1. The quantitative estimate of drug-likeness (QED) is 0.642. The van der Waals surface area contributed by atoms with E-state index in [1.54, 1.807) is 24.5 Å². The molecular formula is C14H14N4O3S. The van der Waals surface area contributed by atoms with Gasteiger partial charge < -0.3 is 5.32 Å². The number of hydrogen-bond acceptors (Lipinski definition) is 5. The molecule has 0 aliphatic heterocycles.